The van der Waals surface area contributed by atoms with E-state index >= 15 is 0 Å². The van der Waals surface area contributed by atoms with E-state index in [-0.39, 0.29) is 24.3 Å². The van der Waals surface area contributed by atoms with Crippen molar-refractivity contribution < 1.29 is 24.6 Å². The largest absolute Gasteiger partial charge is 0.367 e. The predicted molar refractivity (Wildman–Crippen MR) is 119 cm³/mol. The van der Waals surface area contributed by atoms with Crippen LogP contribution in [0.4, 0.5) is 0 Å². The Bertz CT molecular complexity index is 788. The number of benzene rings is 1. The minimum Gasteiger partial charge on any atom is -0.367 e. The molecule has 0 saturated carbocycles. The monoisotopic (exact) mass is 446 g/mol. The lowest BCUT2D eigenvalue weighted by Gasteiger charge is -2.31. The van der Waals surface area contributed by atoms with Crippen molar-refractivity contribution in [1.29, 1.82) is 0 Å². The number of rotatable bonds is 4. The van der Waals surface area contributed by atoms with E-state index < -0.39 is 12.3 Å². The lowest BCUT2D eigenvalue weighted by Crippen LogP contribution is -2.49. The van der Waals surface area contributed by atoms with Crippen LogP contribution >= 0.6 is 0 Å². The molecule has 9 nitrogen and oxygen atoms in total. The van der Waals surface area contributed by atoms with Crippen LogP contribution in [-0.2, 0) is 9.59 Å². The Morgan fingerprint density at radius 3 is 2.47 bits per heavy atom. The molecule has 3 rings (SSSR count). The zero-order valence-corrected chi connectivity index (χ0v) is 18.7. The molecule has 2 aliphatic heterocycles. The van der Waals surface area contributed by atoms with Crippen molar-refractivity contribution in [1.82, 2.24) is 19.6 Å². The number of carbonyl (C=O) groups is 3. The molecule has 0 aliphatic carbocycles. The summed E-state index contributed by atoms with van der Waals surface area (Å²) in [7, 11) is 1.90. The summed E-state index contributed by atoms with van der Waals surface area (Å²) in [5.74, 6) is -0.301. The fraction of sp³-hybridized carbons (Fsp3) is 0.609. The molecule has 2 saturated heterocycles. The summed E-state index contributed by atoms with van der Waals surface area (Å²) in [6.07, 6.45) is 0.673. The van der Waals surface area contributed by atoms with Crippen molar-refractivity contribution in [3.8, 4) is 0 Å². The third-order valence-electron chi connectivity index (χ3n) is 6.18. The number of likely N-dealkylation sites (tertiary alicyclic amines) is 1. The number of hydrogen-bond acceptors (Lipinski definition) is 6. The maximum atomic E-state index is 13.5. The number of β-amino-alcohol motifs (C(OH)–C–C–N with tert-alkyl or cyclic N) is 2. The summed E-state index contributed by atoms with van der Waals surface area (Å²) in [5.41, 5.74) is 0.584. The predicted octanol–water partition coefficient (Wildman–Crippen LogP) is -0.0153. The van der Waals surface area contributed by atoms with Gasteiger partial charge >= 0.3 is 0 Å². The van der Waals surface area contributed by atoms with Gasteiger partial charge in [0.2, 0.25) is 11.8 Å². The van der Waals surface area contributed by atoms with Gasteiger partial charge in [0.1, 0.15) is 6.04 Å². The molecule has 1 aromatic rings. The van der Waals surface area contributed by atoms with Gasteiger partial charge in [0, 0.05) is 51.3 Å². The van der Waals surface area contributed by atoms with Crippen LogP contribution in [0, 0.1) is 0 Å². The summed E-state index contributed by atoms with van der Waals surface area (Å²) >= 11 is 0. The van der Waals surface area contributed by atoms with Gasteiger partial charge in [-0.15, -0.1) is 0 Å². The van der Waals surface area contributed by atoms with E-state index in [1.165, 1.54) is 4.90 Å². The Balaban J connectivity index is 1.70. The van der Waals surface area contributed by atoms with Crippen LogP contribution in [0.5, 0.6) is 0 Å². The minimum absolute atomic E-state index is 0.0560. The highest BCUT2D eigenvalue weighted by Crippen LogP contribution is 2.22. The van der Waals surface area contributed by atoms with E-state index in [9.17, 15) is 24.6 Å². The molecule has 0 aromatic heterocycles. The second kappa shape index (κ2) is 11.4. The maximum absolute atomic E-state index is 13.5. The summed E-state index contributed by atoms with van der Waals surface area (Å²) in [4.78, 5) is 45.9. The molecule has 2 heterocycles. The van der Waals surface area contributed by atoms with Gasteiger partial charge in [-0.05, 0) is 38.4 Å². The molecule has 2 aliphatic rings. The normalized spacial score (nSPS) is 21.7. The van der Waals surface area contributed by atoms with Crippen molar-refractivity contribution in [2.45, 2.75) is 38.0 Å². The molecule has 1 atom stereocenters. The number of hydrogen-bond donors (Lipinski definition) is 2. The Hall–Kier alpha value is -2.49. The zero-order chi connectivity index (χ0) is 23.1. The molecule has 2 N–H and O–H groups in total. The summed E-state index contributed by atoms with van der Waals surface area (Å²) in [6, 6.07) is 8.56. The van der Waals surface area contributed by atoms with Crippen LogP contribution in [0.1, 0.15) is 36.0 Å². The van der Waals surface area contributed by atoms with Gasteiger partial charge < -0.3 is 29.8 Å². The van der Waals surface area contributed by atoms with E-state index in [2.05, 4.69) is 0 Å². The number of aliphatic hydroxyl groups excluding tert-OH is 1. The molecule has 0 spiro atoms. The molecule has 0 unspecified atom stereocenters. The first kappa shape index (κ1) is 24.2. The van der Waals surface area contributed by atoms with E-state index in [0.717, 1.165) is 6.42 Å². The van der Waals surface area contributed by atoms with Crippen LogP contribution in [0.3, 0.4) is 0 Å². The van der Waals surface area contributed by atoms with E-state index in [4.69, 9.17) is 0 Å². The van der Waals surface area contributed by atoms with Gasteiger partial charge in [-0.2, -0.15) is 0 Å². The lowest BCUT2D eigenvalue weighted by atomic mass is 10.1. The molecule has 3 amide bonds. The lowest BCUT2D eigenvalue weighted by molar-refractivity contribution is -0.138. The fourth-order valence-corrected chi connectivity index (χ4v) is 4.37. The minimum atomic E-state index is -1.59. The van der Waals surface area contributed by atoms with Crippen LogP contribution in [0.25, 0.3) is 0 Å². The number of carbonyl (C=O) groups excluding carboxylic acids is 3. The maximum Gasteiger partial charge on any atom is 0.254 e. The highest BCUT2D eigenvalue weighted by molar-refractivity contribution is 5.98. The molecule has 1 aromatic carbocycles. The fourth-order valence-electron chi connectivity index (χ4n) is 4.37. The van der Waals surface area contributed by atoms with Crippen molar-refractivity contribution in [3.63, 3.8) is 0 Å². The second-order valence-electron chi connectivity index (χ2n) is 8.58. The first-order valence-corrected chi connectivity index (χ1v) is 11.3. The topological polar surface area (TPSA) is 105 Å². The quantitative estimate of drug-likeness (QED) is 0.631. The van der Waals surface area contributed by atoms with E-state index in [0.29, 0.717) is 64.1 Å². The second-order valence-corrected chi connectivity index (χ2v) is 8.58. The Kier molecular flexibility index (Phi) is 8.60. The molecule has 0 radical (unpaired) electrons. The number of amides is 3. The van der Waals surface area contributed by atoms with Gasteiger partial charge in [0.25, 0.3) is 5.91 Å². The molecule has 0 bridgehead atoms. The molecular formula is C23H34N4O5. The van der Waals surface area contributed by atoms with Crippen molar-refractivity contribution in [2.24, 2.45) is 0 Å². The smallest absolute Gasteiger partial charge is 0.254 e. The van der Waals surface area contributed by atoms with Gasteiger partial charge in [0.15, 0.2) is 6.29 Å². The molecule has 9 heteroatoms. The van der Waals surface area contributed by atoms with Crippen molar-refractivity contribution >= 4 is 17.7 Å². The average Bonchev–Trinajstić information content (AvgIpc) is 3.27. The Labute approximate surface area is 189 Å². The van der Waals surface area contributed by atoms with E-state index in [1.807, 2.05) is 30.1 Å². The molecule has 2 fully saturated rings. The number of likely N-dealkylation sites (N-methyl/N-ethyl adjacent to an activating group) is 1. The highest BCUT2D eigenvalue weighted by Gasteiger charge is 2.37. The number of aliphatic hydroxyl groups is 2. The highest BCUT2D eigenvalue weighted by atomic mass is 16.5. The van der Waals surface area contributed by atoms with Crippen molar-refractivity contribution in [3.05, 3.63) is 35.9 Å². The molecular weight excluding hydrogens is 412 g/mol. The summed E-state index contributed by atoms with van der Waals surface area (Å²) in [6.45, 7) is 2.90. The first-order chi connectivity index (χ1) is 15.4. The van der Waals surface area contributed by atoms with Gasteiger partial charge in [0.05, 0.1) is 6.54 Å². The molecule has 176 valence electrons. The third-order valence-corrected chi connectivity index (χ3v) is 6.18. The molecule has 32 heavy (non-hydrogen) atoms. The van der Waals surface area contributed by atoms with Crippen LogP contribution in [0.15, 0.2) is 30.3 Å². The number of nitrogens with zero attached hydrogens (tertiary/aromatic N) is 4. The standard InChI is InChI=1S/C23H34N4O5/c1-24-14-10-20(28)26(17-21(29)30)12-6-11-25(16-15-24)23(32)19-9-5-13-27(19)22(31)18-7-3-2-4-8-18/h2-4,7-8,19,21,29-30H,5-6,9-17H2,1H3/t19-/m1/s1. The average molecular weight is 447 g/mol. The SMILES string of the molecule is CN1CCC(=O)N(CC(O)O)CCCN(C(=O)[C@H]2CCCN2C(=O)c2ccccc2)CC1. The Morgan fingerprint density at radius 1 is 1.00 bits per heavy atom. The Morgan fingerprint density at radius 2 is 1.75 bits per heavy atom. The summed E-state index contributed by atoms with van der Waals surface area (Å²) < 4.78 is 0. The van der Waals surface area contributed by atoms with Crippen LogP contribution < -0.4 is 0 Å². The van der Waals surface area contributed by atoms with Gasteiger partial charge in [-0.1, -0.05) is 18.2 Å². The van der Waals surface area contributed by atoms with E-state index in [1.54, 1.807) is 21.9 Å². The third kappa shape index (κ3) is 6.27. The van der Waals surface area contributed by atoms with Crippen LogP contribution in [0.2, 0.25) is 0 Å². The van der Waals surface area contributed by atoms with Crippen LogP contribution in [-0.4, -0.2) is 113 Å². The summed E-state index contributed by atoms with van der Waals surface area (Å²) in [5, 5.41) is 18.7. The van der Waals surface area contributed by atoms with Crippen molar-refractivity contribution in [2.75, 3.05) is 52.9 Å². The van der Waals surface area contributed by atoms with Gasteiger partial charge in [-0.3, -0.25) is 14.4 Å². The zero-order valence-electron chi connectivity index (χ0n) is 18.7. The van der Waals surface area contributed by atoms with Gasteiger partial charge in [-0.25, -0.2) is 0 Å². The first-order valence-electron chi connectivity index (χ1n) is 11.3.